The molecule has 2 aromatic carbocycles. The molecule has 0 saturated heterocycles. The van der Waals surface area contributed by atoms with Gasteiger partial charge in [-0.05, 0) is 54.8 Å². The fourth-order valence-electron chi connectivity index (χ4n) is 3.67. The number of hydrogen-bond donors (Lipinski definition) is 2. The average molecular weight is 670 g/mol. The van der Waals surface area contributed by atoms with Crippen molar-refractivity contribution >= 4 is 45.2 Å². The molecule has 3 rings (SSSR count). The van der Waals surface area contributed by atoms with Gasteiger partial charge in [0.15, 0.2) is 0 Å². The van der Waals surface area contributed by atoms with Gasteiger partial charge in [0.25, 0.3) is 5.91 Å². The lowest BCUT2D eigenvalue weighted by molar-refractivity contribution is -0.140. The van der Waals surface area contributed by atoms with Crippen molar-refractivity contribution in [2.24, 2.45) is 0 Å². The van der Waals surface area contributed by atoms with Crippen LogP contribution < -0.4 is 10.6 Å². The van der Waals surface area contributed by atoms with Crippen LogP contribution in [0, 0.1) is 0 Å². The normalized spacial score (nSPS) is 16.4. The second-order valence-electron chi connectivity index (χ2n) is 8.83. The summed E-state index contributed by atoms with van der Waals surface area (Å²) in [6.45, 7) is -1.73. The van der Waals surface area contributed by atoms with E-state index in [2.05, 4.69) is 15.9 Å². The largest absolute Gasteiger partial charge is 0.417 e. The molecule has 1 fully saturated rings. The lowest BCUT2D eigenvalue weighted by Crippen LogP contribution is -2.51. The van der Waals surface area contributed by atoms with Crippen LogP contribution in [-0.4, -0.2) is 36.3 Å². The molecule has 0 aromatic heterocycles. The number of halogens is 12. The van der Waals surface area contributed by atoms with E-state index in [-0.39, 0.29) is 34.5 Å². The molecule has 1 aliphatic carbocycles. The van der Waals surface area contributed by atoms with E-state index in [0.29, 0.717) is 12.1 Å². The zero-order chi connectivity index (χ0) is 30.3. The summed E-state index contributed by atoms with van der Waals surface area (Å²) in [5.41, 5.74) is -6.19. The van der Waals surface area contributed by atoms with Gasteiger partial charge in [0.2, 0.25) is 5.91 Å². The van der Waals surface area contributed by atoms with E-state index in [1.54, 1.807) is 5.32 Å². The molecule has 0 heterocycles. The highest BCUT2D eigenvalue weighted by Gasteiger charge is 2.52. The van der Waals surface area contributed by atoms with Gasteiger partial charge in [0, 0.05) is 15.1 Å². The Balaban J connectivity index is 1.94. The standard InChI is InChI=1S/C24H16BrClF10N2O2/c25-13-5-12(6-14(26)8-13)16(23(31,32)33)9-18(27)11-1-2-15(17(7-11)24(34,35)36)19(39)38-21(3-4-21)20(40)37-10-22(28,29)30/h1-2,5-9,16H,3-4,10H2,(H,37,40)(H,38,39). The third-order valence-electron chi connectivity index (χ3n) is 5.74. The molecule has 4 nitrogen and oxygen atoms in total. The van der Waals surface area contributed by atoms with Gasteiger partial charge in [-0.3, -0.25) is 9.59 Å². The van der Waals surface area contributed by atoms with Crippen LogP contribution in [0.25, 0.3) is 5.83 Å². The smallest absolute Gasteiger partial charge is 0.345 e. The van der Waals surface area contributed by atoms with Gasteiger partial charge in [-0.25, -0.2) is 4.39 Å². The van der Waals surface area contributed by atoms with E-state index in [4.69, 9.17) is 11.6 Å². The summed E-state index contributed by atoms with van der Waals surface area (Å²) in [6.07, 6.45) is -15.4. The molecule has 2 N–H and O–H groups in total. The van der Waals surface area contributed by atoms with Crippen molar-refractivity contribution in [3.8, 4) is 0 Å². The molecule has 0 radical (unpaired) electrons. The SMILES string of the molecule is O=C(NC1(C(=O)NCC(F)(F)F)CC1)c1ccc(C(F)=CC(c2cc(Cl)cc(Br)c2)C(F)(F)F)cc1C(F)(F)F. The van der Waals surface area contributed by atoms with Gasteiger partial charge in [-0.2, -0.15) is 39.5 Å². The van der Waals surface area contributed by atoms with Crippen molar-refractivity contribution < 1.29 is 53.5 Å². The van der Waals surface area contributed by atoms with Crippen LogP contribution in [0.4, 0.5) is 43.9 Å². The van der Waals surface area contributed by atoms with E-state index in [1.165, 1.54) is 6.07 Å². The molecule has 0 aliphatic heterocycles. The average Bonchev–Trinajstić information content (AvgIpc) is 3.58. The Labute approximate surface area is 232 Å². The topological polar surface area (TPSA) is 58.2 Å². The van der Waals surface area contributed by atoms with E-state index >= 15 is 0 Å². The Hall–Kier alpha value is -2.81. The molecule has 2 aromatic rings. The van der Waals surface area contributed by atoms with Crippen molar-refractivity contribution in [2.45, 2.75) is 42.8 Å². The minimum atomic E-state index is -5.31. The van der Waals surface area contributed by atoms with E-state index in [9.17, 15) is 53.5 Å². The Morgan fingerprint density at radius 2 is 1.62 bits per heavy atom. The molecular formula is C24H16BrClF10N2O2. The number of benzene rings is 2. The molecule has 1 aliphatic rings. The first-order valence-electron chi connectivity index (χ1n) is 11.0. The molecular weight excluding hydrogens is 654 g/mol. The van der Waals surface area contributed by atoms with Crippen molar-refractivity contribution in [1.29, 1.82) is 0 Å². The summed E-state index contributed by atoms with van der Waals surface area (Å²) in [6, 6.07) is 4.40. The van der Waals surface area contributed by atoms with Gasteiger partial charge < -0.3 is 10.6 Å². The predicted octanol–water partition coefficient (Wildman–Crippen LogP) is 7.72. The number of rotatable bonds is 7. The zero-order valence-electron chi connectivity index (χ0n) is 19.6. The molecule has 16 heteroatoms. The third-order valence-corrected chi connectivity index (χ3v) is 6.42. The lowest BCUT2D eigenvalue weighted by Gasteiger charge is -2.20. The molecule has 1 atom stereocenters. The zero-order valence-corrected chi connectivity index (χ0v) is 21.9. The van der Waals surface area contributed by atoms with Gasteiger partial charge in [0.1, 0.15) is 23.8 Å². The summed E-state index contributed by atoms with van der Waals surface area (Å²) in [7, 11) is 0. The quantitative estimate of drug-likeness (QED) is 0.297. The van der Waals surface area contributed by atoms with Crippen LogP contribution in [0.1, 0.15) is 45.8 Å². The fraction of sp³-hybridized carbons (Fsp3) is 0.333. The van der Waals surface area contributed by atoms with Crippen LogP contribution in [0.15, 0.2) is 46.9 Å². The van der Waals surface area contributed by atoms with Crippen LogP contribution in [0.3, 0.4) is 0 Å². The summed E-state index contributed by atoms with van der Waals surface area (Å²) in [5, 5.41) is 3.39. The lowest BCUT2D eigenvalue weighted by atomic mass is 9.95. The third kappa shape index (κ3) is 7.89. The van der Waals surface area contributed by atoms with Crippen LogP contribution >= 0.6 is 27.5 Å². The number of nitrogens with one attached hydrogen (secondary N) is 2. The molecule has 218 valence electrons. The second-order valence-corrected chi connectivity index (χ2v) is 10.2. The number of amides is 2. The first kappa shape index (κ1) is 31.7. The van der Waals surface area contributed by atoms with Crippen molar-refractivity contribution in [3.05, 3.63) is 74.2 Å². The highest BCUT2D eigenvalue weighted by Crippen LogP contribution is 2.42. The van der Waals surface area contributed by atoms with E-state index < -0.39 is 76.4 Å². The highest BCUT2D eigenvalue weighted by molar-refractivity contribution is 9.10. The fourth-order valence-corrected chi connectivity index (χ4v) is 4.56. The minimum Gasteiger partial charge on any atom is -0.345 e. The number of hydrogen-bond acceptors (Lipinski definition) is 2. The maximum absolute atomic E-state index is 15.0. The predicted molar refractivity (Wildman–Crippen MR) is 127 cm³/mol. The summed E-state index contributed by atoms with van der Waals surface area (Å²) >= 11 is 8.73. The Morgan fingerprint density at radius 1 is 1.00 bits per heavy atom. The Bertz CT molecular complexity index is 1310. The maximum atomic E-state index is 15.0. The van der Waals surface area contributed by atoms with Gasteiger partial charge in [0.05, 0.1) is 11.1 Å². The van der Waals surface area contributed by atoms with Crippen molar-refractivity contribution in [3.63, 3.8) is 0 Å². The van der Waals surface area contributed by atoms with Gasteiger partial charge in [-0.1, -0.05) is 33.6 Å². The van der Waals surface area contributed by atoms with Crippen molar-refractivity contribution in [2.75, 3.05) is 6.54 Å². The minimum absolute atomic E-state index is 0.0531. The van der Waals surface area contributed by atoms with E-state index in [1.807, 2.05) is 5.32 Å². The summed E-state index contributed by atoms with van der Waals surface area (Å²) < 4.78 is 135. The molecule has 2 amide bonds. The number of allylic oxidation sites excluding steroid dienone is 1. The number of carbonyl (C=O) groups is 2. The Kier molecular flexibility index (Phi) is 8.90. The van der Waals surface area contributed by atoms with E-state index in [0.717, 1.165) is 12.1 Å². The first-order chi connectivity index (χ1) is 18.2. The maximum Gasteiger partial charge on any atom is 0.417 e. The van der Waals surface area contributed by atoms with Crippen LogP contribution in [0.5, 0.6) is 0 Å². The monoisotopic (exact) mass is 668 g/mol. The van der Waals surface area contributed by atoms with Crippen molar-refractivity contribution in [1.82, 2.24) is 10.6 Å². The molecule has 40 heavy (non-hydrogen) atoms. The molecule has 0 spiro atoms. The molecule has 0 bridgehead atoms. The first-order valence-corrected chi connectivity index (χ1v) is 12.2. The summed E-state index contributed by atoms with van der Waals surface area (Å²) in [4.78, 5) is 24.7. The molecule has 1 saturated carbocycles. The van der Waals surface area contributed by atoms with Crippen LogP contribution in [-0.2, 0) is 11.0 Å². The number of carbonyl (C=O) groups excluding carboxylic acids is 2. The second kappa shape index (κ2) is 11.2. The Morgan fingerprint density at radius 3 is 2.12 bits per heavy atom. The summed E-state index contributed by atoms with van der Waals surface area (Å²) in [5.74, 6) is -7.06. The molecule has 1 unspecified atom stereocenters. The number of alkyl halides is 9. The van der Waals surface area contributed by atoms with Crippen LogP contribution in [0.2, 0.25) is 5.02 Å². The van der Waals surface area contributed by atoms with Gasteiger partial charge in [-0.15, -0.1) is 0 Å². The van der Waals surface area contributed by atoms with Gasteiger partial charge >= 0.3 is 18.5 Å². The highest BCUT2D eigenvalue weighted by atomic mass is 79.9.